The van der Waals surface area contributed by atoms with E-state index >= 15 is 0 Å². The minimum Gasteiger partial charge on any atom is -0.465 e. The first kappa shape index (κ1) is 23.7. The van der Waals surface area contributed by atoms with Crippen LogP contribution in [-0.2, 0) is 9.57 Å². The first-order valence-electron chi connectivity index (χ1n) is 10.1. The van der Waals surface area contributed by atoms with Crippen molar-refractivity contribution < 1.29 is 19.1 Å². The molecule has 8 nitrogen and oxygen atoms in total. The minimum atomic E-state index is -0.762. The molecule has 2 aromatic carbocycles. The smallest absolute Gasteiger partial charge is 0.434 e. The first-order valence-corrected chi connectivity index (χ1v) is 11.2. The van der Waals surface area contributed by atoms with Crippen LogP contribution >= 0.6 is 15.9 Å². The number of carbonyl (C=O) groups is 1. The van der Waals surface area contributed by atoms with Crippen LogP contribution in [-0.4, -0.2) is 51.5 Å². The highest BCUT2D eigenvalue weighted by Crippen LogP contribution is 2.35. The lowest BCUT2D eigenvalue weighted by Crippen LogP contribution is -2.46. The number of alkyl halides is 1. The van der Waals surface area contributed by atoms with Crippen molar-refractivity contribution in [2.75, 3.05) is 19.5 Å². The molecule has 0 aliphatic rings. The van der Waals surface area contributed by atoms with Gasteiger partial charge in [-0.2, -0.15) is 10.2 Å². The van der Waals surface area contributed by atoms with Crippen LogP contribution in [0.15, 0.2) is 67.3 Å². The van der Waals surface area contributed by atoms with E-state index < -0.39 is 23.8 Å². The van der Waals surface area contributed by atoms with Crippen molar-refractivity contribution in [3.8, 4) is 16.9 Å². The molecular formula is C23H27BrN4O4. The molecular weight excluding hydrogens is 476 g/mol. The largest absolute Gasteiger partial charge is 0.465 e. The number of hydroxylamine groups is 2. The zero-order valence-electron chi connectivity index (χ0n) is 18.5. The molecule has 0 saturated carbocycles. The van der Waals surface area contributed by atoms with Gasteiger partial charge in [0, 0.05) is 17.8 Å². The Balaban J connectivity index is 1.91. The normalized spacial score (nSPS) is 13.3. The minimum absolute atomic E-state index is 0.509. The molecule has 32 heavy (non-hydrogen) atoms. The van der Waals surface area contributed by atoms with Gasteiger partial charge in [0.25, 0.3) is 0 Å². The molecule has 0 aliphatic carbocycles. The van der Waals surface area contributed by atoms with Crippen LogP contribution in [0.3, 0.4) is 0 Å². The third-order valence-electron chi connectivity index (χ3n) is 5.05. The Morgan fingerprint density at radius 3 is 2.34 bits per heavy atom. The molecule has 0 radical (unpaired) electrons. The fourth-order valence-corrected chi connectivity index (χ4v) is 3.36. The van der Waals surface area contributed by atoms with Crippen LogP contribution < -0.4 is 4.74 Å². The maximum absolute atomic E-state index is 12.5. The van der Waals surface area contributed by atoms with Gasteiger partial charge in [-0.1, -0.05) is 72.2 Å². The van der Waals surface area contributed by atoms with E-state index in [1.165, 1.54) is 26.8 Å². The molecule has 0 spiro atoms. The zero-order chi connectivity index (χ0) is 23.1. The number of benzene rings is 2. The molecule has 0 saturated heterocycles. The van der Waals surface area contributed by atoms with Crippen molar-refractivity contribution >= 4 is 22.0 Å². The van der Waals surface area contributed by atoms with E-state index in [2.05, 4.69) is 26.0 Å². The second kappa shape index (κ2) is 10.6. The van der Waals surface area contributed by atoms with Crippen LogP contribution in [0.5, 0.6) is 5.75 Å². The number of nitrogens with zero attached hydrogens (tertiary/aromatic N) is 4. The third kappa shape index (κ3) is 5.66. The second-order valence-electron chi connectivity index (χ2n) is 7.88. The summed E-state index contributed by atoms with van der Waals surface area (Å²) < 4.78 is 13.7. The molecule has 0 fully saturated rings. The molecule has 0 aliphatic heterocycles. The Kier molecular flexibility index (Phi) is 7.87. The van der Waals surface area contributed by atoms with E-state index in [9.17, 15) is 4.79 Å². The quantitative estimate of drug-likeness (QED) is 0.304. The average Bonchev–Trinajstić information content (AvgIpc) is 3.36. The van der Waals surface area contributed by atoms with Crippen LogP contribution in [0.25, 0.3) is 11.1 Å². The van der Waals surface area contributed by atoms with E-state index in [-0.39, 0.29) is 0 Å². The molecule has 0 bridgehead atoms. The van der Waals surface area contributed by atoms with Crippen molar-refractivity contribution in [3.05, 3.63) is 67.3 Å². The van der Waals surface area contributed by atoms with Crippen molar-refractivity contribution in [1.82, 2.24) is 19.8 Å². The Morgan fingerprint density at radius 1 is 1.12 bits per heavy atom. The van der Waals surface area contributed by atoms with Crippen LogP contribution in [0.2, 0.25) is 0 Å². The van der Waals surface area contributed by atoms with E-state index in [0.29, 0.717) is 11.1 Å². The number of hydrogen-bond donors (Lipinski definition) is 0. The molecule has 170 valence electrons. The Morgan fingerprint density at radius 2 is 1.78 bits per heavy atom. The summed E-state index contributed by atoms with van der Waals surface area (Å²) in [5.74, 6) is 0.608. The highest BCUT2D eigenvalue weighted by Gasteiger charge is 2.42. The number of halogens is 1. The third-order valence-corrected chi connectivity index (χ3v) is 6.49. The van der Waals surface area contributed by atoms with Gasteiger partial charge in [0.1, 0.15) is 18.4 Å². The van der Waals surface area contributed by atoms with E-state index in [1.807, 2.05) is 68.4 Å². The average molecular weight is 503 g/mol. The van der Waals surface area contributed by atoms with Gasteiger partial charge in [-0.3, -0.25) is 4.84 Å². The van der Waals surface area contributed by atoms with Crippen molar-refractivity contribution in [1.29, 1.82) is 0 Å². The van der Waals surface area contributed by atoms with Crippen molar-refractivity contribution in [3.63, 3.8) is 0 Å². The number of rotatable bonds is 9. The molecule has 1 amide bonds. The molecule has 1 heterocycles. The van der Waals surface area contributed by atoms with Gasteiger partial charge in [0.15, 0.2) is 6.10 Å². The molecule has 0 N–H and O–H groups in total. The lowest BCUT2D eigenvalue weighted by Gasteiger charge is -2.37. The predicted octanol–water partition coefficient (Wildman–Crippen LogP) is 4.94. The van der Waals surface area contributed by atoms with Gasteiger partial charge in [0.2, 0.25) is 6.23 Å². The number of hydrogen-bond acceptors (Lipinski definition) is 6. The summed E-state index contributed by atoms with van der Waals surface area (Å²) in [6.07, 6.45) is 0.827. The fraction of sp³-hybridized carbons (Fsp3) is 0.348. The Bertz CT molecular complexity index is 981. The fourth-order valence-electron chi connectivity index (χ4n) is 3.04. The number of aromatic nitrogens is 3. The zero-order valence-corrected chi connectivity index (χ0v) is 20.1. The molecule has 3 rings (SSSR count). The summed E-state index contributed by atoms with van der Waals surface area (Å²) in [4.78, 5) is 21.6. The molecule has 9 heteroatoms. The van der Waals surface area contributed by atoms with Crippen LogP contribution in [0, 0.1) is 5.41 Å². The van der Waals surface area contributed by atoms with Gasteiger partial charge in [0.05, 0.1) is 7.11 Å². The van der Waals surface area contributed by atoms with Crippen molar-refractivity contribution in [2.45, 2.75) is 26.2 Å². The van der Waals surface area contributed by atoms with Gasteiger partial charge in [-0.05, 0) is 23.3 Å². The van der Waals surface area contributed by atoms with Gasteiger partial charge in [-0.15, -0.1) is 0 Å². The lowest BCUT2D eigenvalue weighted by atomic mass is 9.87. The van der Waals surface area contributed by atoms with Crippen LogP contribution in [0.4, 0.5) is 4.79 Å². The van der Waals surface area contributed by atoms with Gasteiger partial charge >= 0.3 is 6.09 Å². The maximum Gasteiger partial charge on any atom is 0.434 e. The lowest BCUT2D eigenvalue weighted by molar-refractivity contribution is -0.133. The van der Waals surface area contributed by atoms with E-state index in [0.717, 1.165) is 16.2 Å². The Labute approximate surface area is 196 Å². The summed E-state index contributed by atoms with van der Waals surface area (Å²) in [5, 5.41) is 5.82. The summed E-state index contributed by atoms with van der Waals surface area (Å²) in [5.41, 5.74) is 1.67. The first-order chi connectivity index (χ1) is 15.4. The summed E-state index contributed by atoms with van der Waals surface area (Å²) in [6, 6.07) is 17.8. The number of ether oxygens (including phenoxy) is 2. The Hall–Kier alpha value is -2.91. The highest BCUT2D eigenvalue weighted by molar-refractivity contribution is 9.09. The standard InChI is InChI=1S/C23H27BrN4O4/c1-23(2,14-24)20(32-22(29)27(3)30-4)21(28-16-25-15-26-28)31-19-12-10-18(11-13-19)17-8-6-5-7-9-17/h5-13,15-16,20-21H,14H2,1-4H3. The SMILES string of the molecule is CON(C)C(=O)OC(C(Oc1ccc(-c2ccccc2)cc1)n1cncn1)C(C)(C)CBr. The highest BCUT2D eigenvalue weighted by atomic mass is 79.9. The molecule has 2 unspecified atom stereocenters. The molecule has 1 aromatic heterocycles. The second-order valence-corrected chi connectivity index (χ2v) is 8.44. The summed E-state index contributed by atoms with van der Waals surface area (Å²) >= 11 is 3.53. The monoisotopic (exact) mass is 502 g/mol. The summed E-state index contributed by atoms with van der Waals surface area (Å²) in [6.45, 7) is 3.94. The van der Waals surface area contributed by atoms with Gasteiger partial charge in [-0.25, -0.2) is 14.5 Å². The van der Waals surface area contributed by atoms with E-state index in [4.69, 9.17) is 14.3 Å². The topological polar surface area (TPSA) is 78.7 Å². The number of amides is 1. The van der Waals surface area contributed by atoms with Crippen molar-refractivity contribution in [2.24, 2.45) is 5.41 Å². The van der Waals surface area contributed by atoms with Gasteiger partial charge < -0.3 is 9.47 Å². The number of carbonyl (C=O) groups excluding carboxylic acids is 1. The van der Waals surface area contributed by atoms with Crippen LogP contribution in [0.1, 0.15) is 20.1 Å². The predicted molar refractivity (Wildman–Crippen MR) is 124 cm³/mol. The molecule has 2 atom stereocenters. The maximum atomic E-state index is 12.5. The summed E-state index contributed by atoms with van der Waals surface area (Å²) in [7, 11) is 2.87. The molecule has 3 aromatic rings. The van der Waals surface area contributed by atoms with E-state index in [1.54, 1.807) is 4.68 Å².